The number of methoxy groups -OCH3 is 1. The Morgan fingerprint density at radius 2 is 1.77 bits per heavy atom. The van der Waals surface area contributed by atoms with Crippen molar-refractivity contribution in [2.45, 2.75) is 40.2 Å². The average Bonchev–Trinajstić information content (AvgIpc) is 3.00. The monoisotopic (exact) mass is 673 g/mol. The molecule has 0 saturated heterocycles. The van der Waals surface area contributed by atoms with Gasteiger partial charge in [0.2, 0.25) is 0 Å². The molecule has 226 valence electrons. The predicted molar refractivity (Wildman–Crippen MR) is 181 cm³/mol. The van der Waals surface area contributed by atoms with Gasteiger partial charge >= 0.3 is 0 Å². The molecule has 5 rings (SSSR count). The summed E-state index contributed by atoms with van der Waals surface area (Å²) in [5, 5.41) is 5.79. The van der Waals surface area contributed by atoms with Gasteiger partial charge in [0.15, 0.2) is 17.3 Å². The number of para-hydroxylation sites is 1. The third-order valence-electron chi connectivity index (χ3n) is 7.18. The first-order valence-corrected chi connectivity index (χ1v) is 15.5. The maximum absolute atomic E-state index is 14.0. The van der Waals surface area contributed by atoms with E-state index in [4.69, 9.17) is 35.9 Å². The zero-order chi connectivity index (χ0) is 31.4. The van der Waals surface area contributed by atoms with Crippen LogP contribution in [0.15, 0.2) is 87.2 Å². The number of aryl methyl sites for hydroxylation is 1. The number of hydrogen-bond acceptors (Lipinski definition) is 6. The zero-order valence-electron chi connectivity index (χ0n) is 25.2. The molecule has 4 aromatic carbocycles. The standard InChI is InChI=1S/C35H33BrClN3O4/c1-6-43-31-15-22(4)28(18-27(31)21(2)3)34-39-30-14-10-8-12-26(30)35(41)40(34)38-19-24-16-25(36)17-32(42-5)33(24)44-20-23-11-7-9-13-29(23)37/h7-19,21H,6,20H2,1-5H3. The Morgan fingerprint density at radius 3 is 2.50 bits per heavy atom. The first-order chi connectivity index (χ1) is 21.2. The van der Waals surface area contributed by atoms with Gasteiger partial charge in [0.05, 0.1) is 30.8 Å². The van der Waals surface area contributed by atoms with E-state index in [0.717, 1.165) is 32.5 Å². The molecule has 7 nitrogen and oxygen atoms in total. The van der Waals surface area contributed by atoms with Crippen LogP contribution in [-0.4, -0.2) is 29.6 Å². The van der Waals surface area contributed by atoms with Gasteiger partial charge in [-0.15, -0.1) is 0 Å². The van der Waals surface area contributed by atoms with Crippen molar-refractivity contribution in [3.8, 4) is 28.6 Å². The van der Waals surface area contributed by atoms with Crippen LogP contribution in [0.2, 0.25) is 5.02 Å². The van der Waals surface area contributed by atoms with Gasteiger partial charge in [0, 0.05) is 26.2 Å². The van der Waals surface area contributed by atoms with E-state index in [1.54, 1.807) is 19.4 Å². The van der Waals surface area contributed by atoms with Crippen LogP contribution in [0.3, 0.4) is 0 Å². The van der Waals surface area contributed by atoms with Gasteiger partial charge in [0.1, 0.15) is 12.4 Å². The fraction of sp³-hybridized carbons (Fsp3) is 0.229. The van der Waals surface area contributed by atoms with E-state index < -0.39 is 0 Å². The summed E-state index contributed by atoms with van der Waals surface area (Å²) < 4.78 is 20.0. The highest BCUT2D eigenvalue weighted by Crippen LogP contribution is 2.36. The summed E-state index contributed by atoms with van der Waals surface area (Å²) in [5.41, 5.74) is 4.45. The second-order valence-corrected chi connectivity index (χ2v) is 11.8. The van der Waals surface area contributed by atoms with E-state index in [1.807, 2.05) is 80.6 Å². The zero-order valence-corrected chi connectivity index (χ0v) is 27.6. The Balaban J connectivity index is 1.68. The van der Waals surface area contributed by atoms with Crippen LogP contribution in [-0.2, 0) is 6.61 Å². The minimum Gasteiger partial charge on any atom is -0.494 e. The van der Waals surface area contributed by atoms with Gasteiger partial charge in [-0.3, -0.25) is 4.79 Å². The lowest BCUT2D eigenvalue weighted by molar-refractivity contribution is 0.284. The summed E-state index contributed by atoms with van der Waals surface area (Å²) >= 11 is 9.94. The molecule has 1 heterocycles. The largest absolute Gasteiger partial charge is 0.494 e. The van der Waals surface area contributed by atoms with Crippen LogP contribution in [0.1, 0.15) is 48.9 Å². The van der Waals surface area contributed by atoms with E-state index in [-0.39, 0.29) is 18.1 Å². The molecule has 0 unspecified atom stereocenters. The van der Waals surface area contributed by atoms with Crippen LogP contribution in [0.4, 0.5) is 0 Å². The molecule has 0 radical (unpaired) electrons. The molecule has 5 aromatic rings. The molecule has 0 amide bonds. The maximum atomic E-state index is 14.0. The van der Waals surface area contributed by atoms with Crippen LogP contribution in [0.5, 0.6) is 17.2 Å². The van der Waals surface area contributed by atoms with Crippen molar-refractivity contribution in [3.05, 3.63) is 115 Å². The van der Waals surface area contributed by atoms with Crippen molar-refractivity contribution in [1.29, 1.82) is 0 Å². The molecule has 0 atom stereocenters. The van der Waals surface area contributed by atoms with Gasteiger partial charge in [-0.25, -0.2) is 4.98 Å². The number of rotatable bonds is 10. The van der Waals surface area contributed by atoms with Crippen molar-refractivity contribution >= 4 is 44.6 Å². The Bertz CT molecular complexity index is 1920. The number of ether oxygens (including phenoxy) is 3. The lowest BCUT2D eigenvalue weighted by Gasteiger charge is -2.18. The number of nitrogens with zero attached hydrogens (tertiary/aromatic N) is 3. The third-order valence-corrected chi connectivity index (χ3v) is 8.01. The lowest BCUT2D eigenvalue weighted by Crippen LogP contribution is -2.21. The van der Waals surface area contributed by atoms with Crippen molar-refractivity contribution in [1.82, 2.24) is 9.66 Å². The van der Waals surface area contributed by atoms with Gasteiger partial charge in [-0.2, -0.15) is 9.78 Å². The smallest absolute Gasteiger partial charge is 0.282 e. The highest BCUT2D eigenvalue weighted by atomic mass is 79.9. The number of benzene rings is 4. The molecule has 1 aromatic heterocycles. The molecule has 0 spiro atoms. The second-order valence-electron chi connectivity index (χ2n) is 10.5. The van der Waals surface area contributed by atoms with Gasteiger partial charge in [-0.1, -0.05) is 71.7 Å². The molecule has 9 heteroatoms. The molecule has 0 aliphatic heterocycles. The van der Waals surface area contributed by atoms with Crippen LogP contribution in [0, 0.1) is 6.92 Å². The Morgan fingerprint density at radius 1 is 1.02 bits per heavy atom. The van der Waals surface area contributed by atoms with Crippen molar-refractivity contribution in [3.63, 3.8) is 0 Å². The summed E-state index contributed by atoms with van der Waals surface area (Å²) in [6.07, 6.45) is 1.59. The summed E-state index contributed by atoms with van der Waals surface area (Å²) in [5.74, 6) is 2.39. The minimum absolute atomic E-state index is 0.187. The van der Waals surface area contributed by atoms with Gasteiger partial charge in [0.25, 0.3) is 5.56 Å². The fourth-order valence-corrected chi connectivity index (χ4v) is 5.60. The molecular formula is C35H33BrClN3O4. The summed E-state index contributed by atoms with van der Waals surface area (Å²) in [4.78, 5) is 18.9. The Hall–Kier alpha value is -4.14. The first kappa shape index (κ1) is 31.3. The summed E-state index contributed by atoms with van der Waals surface area (Å²) in [7, 11) is 1.57. The molecule has 0 bridgehead atoms. The molecule has 44 heavy (non-hydrogen) atoms. The molecular weight excluding hydrogens is 642 g/mol. The Labute approximate surface area is 270 Å². The summed E-state index contributed by atoms with van der Waals surface area (Å²) in [6, 6.07) is 22.5. The van der Waals surface area contributed by atoms with Crippen molar-refractivity contribution in [2.75, 3.05) is 13.7 Å². The van der Waals surface area contributed by atoms with Crippen LogP contribution >= 0.6 is 27.5 Å². The quantitative estimate of drug-likeness (QED) is 0.139. The van der Waals surface area contributed by atoms with E-state index in [1.165, 1.54) is 4.68 Å². The lowest BCUT2D eigenvalue weighted by atomic mass is 9.96. The SMILES string of the molecule is CCOc1cc(C)c(-c2nc3ccccc3c(=O)n2N=Cc2cc(Br)cc(OC)c2OCc2ccccc2Cl)cc1C(C)C. The second kappa shape index (κ2) is 13.7. The minimum atomic E-state index is -0.290. The van der Waals surface area contributed by atoms with E-state index in [2.05, 4.69) is 29.8 Å². The van der Waals surface area contributed by atoms with E-state index >= 15 is 0 Å². The topological polar surface area (TPSA) is 74.9 Å². The highest BCUT2D eigenvalue weighted by molar-refractivity contribution is 9.10. The Kier molecular flexibility index (Phi) is 9.71. The van der Waals surface area contributed by atoms with Crippen molar-refractivity contribution < 1.29 is 14.2 Å². The molecule has 0 N–H and O–H groups in total. The summed E-state index contributed by atoms with van der Waals surface area (Å²) in [6.45, 7) is 8.94. The van der Waals surface area contributed by atoms with E-state index in [9.17, 15) is 4.79 Å². The fourth-order valence-electron chi connectivity index (χ4n) is 4.95. The number of hydrogen-bond donors (Lipinski definition) is 0. The molecule has 0 aliphatic rings. The number of halogens is 2. The highest BCUT2D eigenvalue weighted by Gasteiger charge is 2.19. The predicted octanol–water partition coefficient (Wildman–Crippen LogP) is 8.78. The number of fused-ring (bicyclic) bond motifs is 1. The van der Waals surface area contributed by atoms with Crippen LogP contribution < -0.4 is 19.8 Å². The van der Waals surface area contributed by atoms with Crippen LogP contribution in [0.25, 0.3) is 22.3 Å². The normalized spacial score (nSPS) is 11.5. The molecule has 0 saturated carbocycles. The van der Waals surface area contributed by atoms with Gasteiger partial charge < -0.3 is 14.2 Å². The van der Waals surface area contributed by atoms with Crippen molar-refractivity contribution in [2.24, 2.45) is 5.10 Å². The van der Waals surface area contributed by atoms with E-state index in [0.29, 0.717) is 45.4 Å². The molecule has 0 fully saturated rings. The third kappa shape index (κ3) is 6.51. The van der Waals surface area contributed by atoms with Gasteiger partial charge in [-0.05, 0) is 73.4 Å². The number of aromatic nitrogens is 2. The maximum Gasteiger partial charge on any atom is 0.282 e. The molecule has 0 aliphatic carbocycles. The first-order valence-electron chi connectivity index (χ1n) is 14.3. The average molecular weight is 675 g/mol.